The predicted molar refractivity (Wildman–Crippen MR) is 84.6 cm³/mol. The zero-order valence-corrected chi connectivity index (χ0v) is 12.7. The van der Waals surface area contributed by atoms with E-state index in [-0.39, 0.29) is 12.1 Å². The summed E-state index contributed by atoms with van der Waals surface area (Å²) in [6.45, 7) is 2.80. The molecule has 0 atom stereocenters. The van der Waals surface area contributed by atoms with Crippen molar-refractivity contribution in [3.63, 3.8) is 0 Å². The van der Waals surface area contributed by atoms with Crippen molar-refractivity contribution in [3.05, 3.63) is 70.8 Å². The van der Waals surface area contributed by atoms with Crippen LogP contribution in [0.1, 0.15) is 16.7 Å². The molecule has 0 saturated carbocycles. The average molecular weight is 303 g/mol. The summed E-state index contributed by atoms with van der Waals surface area (Å²) in [7, 11) is 1.63. The fourth-order valence-electron chi connectivity index (χ4n) is 1.97. The Balaban J connectivity index is 1.90. The summed E-state index contributed by atoms with van der Waals surface area (Å²) in [5.41, 5.74) is 2.58. The fourth-order valence-corrected chi connectivity index (χ4v) is 1.97. The quantitative estimate of drug-likeness (QED) is 0.672. The lowest BCUT2D eigenvalue weighted by molar-refractivity contribution is 0.581. The Hall–Kier alpha value is -2.43. The molecule has 22 heavy (non-hydrogen) atoms. The number of nitrogens with one attached hydrogen (secondary N) is 2. The molecule has 2 aromatic rings. The molecule has 0 spiro atoms. The number of hydrogen-bond acceptors (Lipinski definition) is 1. The van der Waals surface area contributed by atoms with Crippen LogP contribution in [0.15, 0.2) is 47.5 Å². The van der Waals surface area contributed by atoms with Crippen LogP contribution in [0.5, 0.6) is 0 Å². The normalized spacial score (nSPS) is 11.4. The van der Waals surface area contributed by atoms with Crippen molar-refractivity contribution in [1.29, 1.82) is 0 Å². The van der Waals surface area contributed by atoms with Crippen molar-refractivity contribution in [1.82, 2.24) is 10.6 Å². The maximum atomic E-state index is 13.5. The van der Waals surface area contributed by atoms with Gasteiger partial charge in [-0.1, -0.05) is 29.8 Å². The number of benzene rings is 2. The third-order valence-corrected chi connectivity index (χ3v) is 3.26. The molecule has 2 N–H and O–H groups in total. The molecule has 116 valence electrons. The van der Waals surface area contributed by atoms with Crippen LogP contribution >= 0.6 is 0 Å². The molecule has 0 aliphatic rings. The second-order valence-corrected chi connectivity index (χ2v) is 5.00. The van der Waals surface area contributed by atoms with Gasteiger partial charge in [0.2, 0.25) is 0 Å². The second kappa shape index (κ2) is 7.54. The maximum Gasteiger partial charge on any atom is 0.191 e. The van der Waals surface area contributed by atoms with E-state index in [0.29, 0.717) is 12.5 Å². The van der Waals surface area contributed by atoms with Crippen molar-refractivity contribution in [2.75, 3.05) is 7.05 Å². The number of aryl methyl sites for hydroxylation is 1. The van der Waals surface area contributed by atoms with Gasteiger partial charge >= 0.3 is 0 Å². The van der Waals surface area contributed by atoms with Gasteiger partial charge in [0.05, 0.1) is 0 Å². The third-order valence-electron chi connectivity index (χ3n) is 3.26. The molecule has 0 radical (unpaired) electrons. The van der Waals surface area contributed by atoms with Crippen LogP contribution in [0.4, 0.5) is 8.78 Å². The molecule has 0 saturated heterocycles. The first kappa shape index (κ1) is 15.9. The van der Waals surface area contributed by atoms with Crippen LogP contribution in [0.25, 0.3) is 0 Å². The molecular weight excluding hydrogens is 284 g/mol. The van der Waals surface area contributed by atoms with Crippen molar-refractivity contribution in [2.24, 2.45) is 4.99 Å². The molecule has 0 amide bonds. The maximum absolute atomic E-state index is 13.5. The summed E-state index contributed by atoms with van der Waals surface area (Å²) in [4.78, 5) is 4.07. The Bertz CT molecular complexity index is 651. The average Bonchev–Trinajstić information content (AvgIpc) is 2.52. The molecule has 0 aliphatic carbocycles. The number of hydrogen-bond donors (Lipinski definition) is 2. The molecule has 2 aromatic carbocycles. The summed E-state index contributed by atoms with van der Waals surface area (Å²) in [5.74, 6) is -0.368. The first-order valence-electron chi connectivity index (χ1n) is 7.02. The standard InChI is InChI=1S/C17H19F2N3/c1-12-3-5-13(6-4-12)10-21-17(20-2)22-11-14-9-15(18)7-8-16(14)19/h3-9H,10-11H2,1-2H3,(H2,20,21,22). The van der Waals surface area contributed by atoms with Crippen molar-refractivity contribution in [3.8, 4) is 0 Å². The molecule has 5 heteroatoms. The minimum absolute atomic E-state index is 0.164. The third kappa shape index (κ3) is 4.55. The summed E-state index contributed by atoms with van der Waals surface area (Å²) in [6.07, 6.45) is 0. The van der Waals surface area contributed by atoms with Crippen LogP contribution in [0, 0.1) is 18.6 Å². The van der Waals surface area contributed by atoms with E-state index in [0.717, 1.165) is 17.7 Å². The van der Waals surface area contributed by atoms with Gasteiger partial charge in [-0.25, -0.2) is 8.78 Å². The number of rotatable bonds is 4. The lowest BCUT2D eigenvalue weighted by Gasteiger charge is -2.12. The van der Waals surface area contributed by atoms with Gasteiger partial charge < -0.3 is 10.6 Å². The van der Waals surface area contributed by atoms with Gasteiger partial charge in [-0.15, -0.1) is 0 Å². The first-order chi connectivity index (χ1) is 10.6. The van der Waals surface area contributed by atoms with Gasteiger partial charge in [-0.05, 0) is 30.7 Å². The van der Waals surface area contributed by atoms with Gasteiger partial charge in [0.15, 0.2) is 5.96 Å². The van der Waals surface area contributed by atoms with Gasteiger partial charge in [0.1, 0.15) is 11.6 Å². The van der Waals surface area contributed by atoms with Crippen LogP contribution in [-0.4, -0.2) is 13.0 Å². The van der Waals surface area contributed by atoms with Gasteiger partial charge in [0.25, 0.3) is 0 Å². The van der Waals surface area contributed by atoms with Crippen molar-refractivity contribution < 1.29 is 8.78 Å². The van der Waals surface area contributed by atoms with Gasteiger partial charge in [-0.2, -0.15) is 0 Å². The van der Waals surface area contributed by atoms with Gasteiger partial charge in [0, 0.05) is 25.7 Å². The van der Waals surface area contributed by atoms with E-state index in [1.54, 1.807) is 7.05 Å². The molecule has 0 heterocycles. The smallest absolute Gasteiger partial charge is 0.191 e. The zero-order valence-electron chi connectivity index (χ0n) is 12.7. The Morgan fingerprint density at radius 1 is 1.00 bits per heavy atom. The van der Waals surface area contributed by atoms with Crippen LogP contribution in [-0.2, 0) is 13.1 Å². The van der Waals surface area contributed by atoms with E-state index in [9.17, 15) is 8.78 Å². The number of aliphatic imine (C=N–C) groups is 1. The van der Waals surface area contributed by atoms with Crippen LogP contribution < -0.4 is 10.6 Å². The highest BCUT2D eigenvalue weighted by molar-refractivity contribution is 5.79. The SMILES string of the molecule is CN=C(NCc1ccc(C)cc1)NCc1cc(F)ccc1F. The van der Waals surface area contributed by atoms with Crippen LogP contribution in [0.3, 0.4) is 0 Å². The molecule has 0 bridgehead atoms. The highest BCUT2D eigenvalue weighted by Crippen LogP contribution is 2.09. The van der Waals surface area contributed by atoms with Crippen molar-refractivity contribution >= 4 is 5.96 Å². The molecule has 0 aliphatic heterocycles. The minimum Gasteiger partial charge on any atom is -0.352 e. The predicted octanol–water partition coefficient (Wildman–Crippen LogP) is 3.14. The van der Waals surface area contributed by atoms with Crippen LogP contribution in [0.2, 0.25) is 0 Å². The first-order valence-corrected chi connectivity index (χ1v) is 7.02. The fraction of sp³-hybridized carbons (Fsp3) is 0.235. The summed E-state index contributed by atoms with van der Waals surface area (Å²) < 4.78 is 26.7. The lowest BCUT2D eigenvalue weighted by Crippen LogP contribution is -2.36. The van der Waals surface area contributed by atoms with E-state index in [2.05, 4.69) is 15.6 Å². The zero-order chi connectivity index (χ0) is 15.9. The Morgan fingerprint density at radius 3 is 2.36 bits per heavy atom. The molecule has 0 aromatic heterocycles. The van der Waals surface area contributed by atoms with Crippen molar-refractivity contribution in [2.45, 2.75) is 20.0 Å². The summed E-state index contributed by atoms with van der Waals surface area (Å²) in [5, 5.41) is 6.10. The highest BCUT2D eigenvalue weighted by atomic mass is 19.1. The molecule has 0 fully saturated rings. The van der Waals surface area contributed by atoms with Gasteiger partial charge in [-0.3, -0.25) is 4.99 Å². The Morgan fingerprint density at radius 2 is 1.68 bits per heavy atom. The Labute approximate surface area is 129 Å². The highest BCUT2D eigenvalue weighted by Gasteiger charge is 2.05. The molecule has 3 nitrogen and oxygen atoms in total. The molecule has 0 unspecified atom stereocenters. The van der Waals surface area contributed by atoms with E-state index >= 15 is 0 Å². The monoisotopic (exact) mass is 303 g/mol. The molecule has 2 rings (SSSR count). The number of nitrogens with zero attached hydrogens (tertiary/aromatic N) is 1. The van der Waals surface area contributed by atoms with E-state index < -0.39 is 11.6 Å². The largest absolute Gasteiger partial charge is 0.352 e. The minimum atomic E-state index is -0.458. The van der Waals surface area contributed by atoms with E-state index in [1.165, 1.54) is 11.6 Å². The van der Waals surface area contributed by atoms with E-state index in [1.807, 2.05) is 31.2 Å². The summed E-state index contributed by atoms with van der Waals surface area (Å²) in [6, 6.07) is 11.5. The summed E-state index contributed by atoms with van der Waals surface area (Å²) >= 11 is 0. The topological polar surface area (TPSA) is 36.4 Å². The second-order valence-electron chi connectivity index (χ2n) is 5.00. The Kier molecular flexibility index (Phi) is 5.47. The molecular formula is C17H19F2N3. The van der Waals surface area contributed by atoms with E-state index in [4.69, 9.17) is 0 Å². The number of halogens is 2. The lowest BCUT2D eigenvalue weighted by atomic mass is 10.1. The number of guanidine groups is 1.